The molecule has 0 spiro atoms. The van der Waals surface area contributed by atoms with Crippen LogP contribution in [-0.2, 0) is 9.53 Å². The van der Waals surface area contributed by atoms with Gasteiger partial charge in [-0.05, 0) is 12.3 Å². The molecule has 1 aliphatic rings. The number of carbonyl (C=O) groups is 1. The molecule has 0 unspecified atom stereocenters. The van der Waals surface area contributed by atoms with Crippen molar-refractivity contribution in [2.45, 2.75) is 50.8 Å². The first-order valence-corrected chi connectivity index (χ1v) is 8.00. The van der Waals surface area contributed by atoms with E-state index in [-0.39, 0.29) is 0 Å². The van der Waals surface area contributed by atoms with Gasteiger partial charge in [0.15, 0.2) is 6.23 Å². The van der Waals surface area contributed by atoms with Gasteiger partial charge >= 0.3 is 11.7 Å². The quantitative estimate of drug-likeness (QED) is 0.326. The van der Waals surface area contributed by atoms with Crippen LogP contribution < -0.4 is 17.0 Å². The lowest BCUT2D eigenvalue weighted by atomic mass is 10.1. The molecule has 11 nitrogen and oxygen atoms in total. The Hall–Kier alpha value is -2.05. The maximum Gasteiger partial charge on any atom is 0.330 e. The standard InChI is InChI=1S/C9H12N2O6.C6H13NO2/c12-3-4-6(14)7(15)8(17-4)11-2-1-5(13)10-9(11)16;1-4(2)3-5(7)6(8)9/h1-2,4,6-8,12,14-15H,3H2,(H,10,13,16);4-5H,3,7H2,1-2H3,(H,8,9)/t4-,6-,7-,8-;5-/m10/s1. The average molecular weight is 375 g/mol. The van der Waals surface area contributed by atoms with Crippen LogP contribution in [0.15, 0.2) is 21.9 Å². The smallest absolute Gasteiger partial charge is 0.330 e. The number of nitrogens with zero attached hydrogens (tertiary/aromatic N) is 1. The summed E-state index contributed by atoms with van der Waals surface area (Å²) < 4.78 is 6.08. The summed E-state index contributed by atoms with van der Waals surface area (Å²) >= 11 is 0. The van der Waals surface area contributed by atoms with Crippen molar-refractivity contribution in [3.05, 3.63) is 33.1 Å². The fraction of sp³-hybridized carbons (Fsp3) is 0.667. The summed E-state index contributed by atoms with van der Waals surface area (Å²) in [7, 11) is 0. The number of hydrogen-bond donors (Lipinski definition) is 6. The number of nitrogens with two attached hydrogens (primary N) is 1. The zero-order chi connectivity index (χ0) is 20.0. The largest absolute Gasteiger partial charge is 0.480 e. The van der Waals surface area contributed by atoms with Crippen LogP contribution in [-0.4, -0.2) is 66.9 Å². The molecule has 0 saturated carbocycles. The topological polar surface area (TPSA) is 188 Å². The van der Waals surface area contributed by atoms with Crippen molar-refractivity contribution in [3.8, 4) is 0 Å². The average Bonchev–Trinajstić information content (AvgIpc) is 2.83. The molecule has 1 fully saturated rings. The van der Waals surface area contributed by atoms with Crippen LogP contribution in [0.4, 0.5) is 0 Å². The SMILES string of the molecule is CC(C)C[C@H](N)C(=O)O.O=c1ccn([C@@H]2O[C@H](CO)[C@@H](O)[C@H]2O)c(=O)[nH]1. The minimum absolute atomic E-state index is 0.357. The molecule has 2 rings (SSSR count). The number of aliphatic hydroxyl groups excluding tert-OH is 3. The lowest BCUT2D eigenvalue weighted by Crippen LogP contribution is -2.37. The number of nitrogens with one attached hydrogen (secondary N) is 1. The van der Waals surface area contributed by atoms with Gasteiger partial charge in [0.25, 0.3) is 5.56 Å². The molecule has 0 bridgehead atoms. The van der Waals surface area contributed by atoms with Crippen molar-refractivity contribution in [3.63, 3.8) is 0 Å². The summed E-state index contributed by atoms with van der Waals surface area (Å²) in [6, 6.07) is 0.404. The van der Waals surface area contributed by atoms with Gasteiger partial charge in [-0.25, -0.2) is 4.79 Å². The van der Waals surface area contributed by atoms with E-state index >= 15 is 0 Å². The molecule has 2 heterocycles. The fourth-order valence-corrected chi connectivity index (χ4v) is 2.35. The first kappa shape index (κ1) is 22.0. The van der Waals surface area contributed by atoms with Gasteiger partial charge in [0.05, 0.1) is 6.61 Å². The maximum atomic E-state index is 11.4. The van der Waals surface area contributed by atoms with Crippen molar-refractivity contribution < 1.29 is 30.0 Å². The summed E-state index contributed by atoms with van der Waals surface area (Å²) in [4.78, 5) is 34.4. The van der Waals surface area contributed by atoms with E-state index in [4.69, 9.17) is 20.7 Å². The lowest BCUT2D eigenvalue weighted by Gasteiger charge is -2.16. The molecule has 11 heteroatoms. The number of aromatic nitrogens is 2. The number of ether oxygens (including phenoxy) is 1. The summed E-state index contributed by atoms with van der Waals surface area (Å²) in [6.07, 6.45) is -3.03. The van der Waals surface area contributed by atoms with Gasteiger partial charge in [-0.1, -0.05) is 13.8 Å². The molecule has 1 aliphatic heterocycles. The Balaban J connectivity index is 0.000000321. The maximum absolute atomic E-state index is 11.4. The predicted octanol–water partition coefficient (Wildman–Crippen LogP) is -2.41. The Morgan fingerprint density at radius 1 is 1.35 bits per heavy atom. The molecule has 5 atom stereocenters. The van der Waals surface area contributed by atoms with Crippen molar-refractivity contribution in [1.29, 1.82) is 0 Å². The van der Waals surface area contributed by atoms with Gasteiger partial charge in [0.2, 0.25) is 0 Å². The molecule has 1 aromatic heterocycles. The van der Waals surface area contributed by atoms with Crippen LogP contribution in [0.1, 0.15) is 26.5 Å². The van der Waals surface area contributed by atoms with Crippen LogP contribution in [0, 0.1) is 5.92 Å². The molecule has 0 aliphatic carbocycles. The van der Waals surface area contributed by atoms with Crippen LogP contribution in [0.3, 0.4) is 0 Å². The summed E-state index contributed by atoms with van der Waals surface area (Å²) in [5.74, 6) is -0.556. The highest BCUT2D eigenvalue weighted by atomic mass is 16.6. The third-order valence-corrected chi connectivity index (χ3v) is 3.69. The number of rotatable bonds is 5. The molecule has 1 aromatic rings. The van der Waals surface area contributed by atoms with Crippen molar-refractivity contribution >= 4 is 5.97 Å². The second-order valence-corrected chi connectivity index (χ2v) is 6.32. The summed E-state index contributed by atoms with van der Waals surface area (Å²) in [6.45, 7) is 3.42. The third kappa shape index (κ3) is 5.75. The van der Waals surface area contributed by atoms with Gasteiger partial charge < -0.3 is 30.9 Å². The molecule has 148 valence electrons. The van der Waals surface area contributed by atoms with E-state index in [2.05, 4.69) is 0 Å². The number of hydrogen-bond acceptors (Lipinski definition) is 8. The van der Waals surface area contributed by atoms with Gasteiger partial charge in [-0.3, -0.25) is 19.1 Å². The number of carboxylic acids is 1. The van der Waals surface area contributed by atoms with Crippen LogP contribution >= 0.6 is 0 Å². The third-order valence-electron chi connectivity index (χ3n) is 3.69. The van der Waals surface area contributed by atoms with Crippen LogP contribution in [0.2, 0.25) is 0 Å². The summed E-state index contributed by atoms with van der Waals surface area (Å²) in [5, 5.41) is 36.4. The number of H-pyrrole nitrogens is 1. The fourth-order valence-electron chi connectivity index (χ4n) is 2.35. The highest BCUT2D eigenvalue weighted by Gasteiger charge is 2.43. The molecule has 26 heavy (non-hydrogen) atoms. The van der Waals surface area contributed by atoms with Crippen molar-refractivity contribution in [2.24, 2.45) is 11.7 Å². The second-order valence-electron chi connectivity index (χ2n) is 6.32. The Bertz CT molecular complexity index is 701. The minimum Gasteiger partial charge on any atom is -0.480 e. The number of carboxylic acid groups (broad SMARTS) is 1. The van der Waals surface area contributed by atoms with E-state index < -0.39 is 54.4 Å². The van der Waals surface area contributed by atoms with Gasteiger partial charge in [-0.15, -0.1) is 0 Å². The second kappa shape index (κ2) is 9.59. The van der Waals surface area contributed by atoms with E-state index in [0.29, 0.717) is 12.3 Å². The monoisotopic (exact) mass is 375 g/mol. The minimum atomic E-state index is -1.35. The Labute approximate surface area is 148 Å². The van der Waals surface area contributed by atoms with Gasteiger partial charge in [0.1, 0.15) is 24.4 Å². The molecule has 1 saturated heterocycles. The van der Waals surface area contributed by atoms with Crippen molar-refractivity contribution in [1.82, 2.24) is 9.55 Å². The van der Waals surface area contributed by atoms with E-state index in [9.17, 15) is 24.6 Å². The number of aromatic amines is 1. The normalized spacial score (nSPS) is 26.3. The first-order valence-electron chi connectivity index (χ1n) is 8.00. The molecule has 7 N–H and O–H groups in total. The lowest BCUT2D eigenvalue weighted by molar-refractivity contribution is -0.138. The molecular formula is C15H25N3O8. The van der Waals surface area contributed by atoms with E-state index in [1.807, 2.05) is 18.8 Å². The zero-order valence-electron chi connectivity index (χ0n) is 14.5. The Morgan fingerprint density at radius 2 is 1.96 bits per heavy atom. The molecule has 0 aromatic carbocycles. The van der Waals surface area contributed by atoms with E-state index in [1.54, 1.807) is 0 Å². The summed E-state index contributed by atoms with van der Waals surface area (Å²) in [5.41, 5.74) is 3.89. The van der Waals surface area contributed by atoms with Gasteiger partial charge in [-0.2, -0.15) is 0 Å². The number of aliphatic hydroxyl groups is 3. The first-order chi connectivity index (χ1) is 12.1. The predicted molar refractivity (Wildman–Crippen MR) is 89.4 cm³/mol. The highest BCUT2D eigenvalue weighted by Crippen LogP contribution is 2.27. The molecule has 0 radical (unpaired) electrons. The Kier molecular flexibility index (Phi) is 8.11. The molecule has 0 amide bonds. The van der Waals surface area contributed by atoms with Gasteiger partial charge in [0, 0.05) is 12.3 Å². The Morgan fingerprint density at radius 3 is 2.35 bits per heavy atom. The van der Waals surface area contributed by atoms with E-state index in [1.165, 1.54) is 0 Å². The van der Waals surface area contributed by atoms with E-state index in [0.717, 1.165) is 16.8 Å². The van der Waals surface area contributed by atoms with Crippen molar-refractivity contribution in [2.75, 3.05) is 6.61 Å². The van der Waals surface area contributed by atoms with Crippen LogP contribution in [0.5, 0.6) is 0 Å². The zero-order valence-corrected chi connectivity index (χ0v) is 14.5. The highest BCUT2D eigenvalue weighted by molar-refractivity contribution is 5.72. The van der Waals surface area contributed by atoms with Crippen LogP contribution in [0.25, 0.3) is 0 Å². The molecular weight excluding hydrogens is 350 g/mol. The number of aliphatic carboxylic acids is 1.